The van der Waals surface area contributed by atoms with Gasteiger partial charge >= 0.3 is 0 Å². The first-order valence-corrected chi connectivity index (χ1v) is 8.90. The maximum absolute atomic E-state index is 12.1. The molecule has 1 amide bonds. The average molecular weight is 304 g/mol. The van der Waals surface area contributed by atoms with Crippen LogP contribution < -0.4 is 0 Å². The lowest BCUT2D eigenvalue weighted by Gasteiger charge is -2.37. The Morgan fingerprint density at radius 3 is 2.70 bits per heavy atom. The summed E-state index contributed by atoms with van der Waals surface area (Å²) < 4.78 is 31.6. The van der Waals surface area contributed by atoms with E-state index in [1.807, 2.05) is 6.92 Å². The first-order chi connectivity index (χ1) is 9.44. The van der Waals surface area contributed by atoms with Gasteiger partial charge < -0.3 is 9.64 Å². The lowest BCUT2D eigenvalue weighted by molar-refractivity contribution is -0.129. The lowest BCUT2D eigenvalue weighted by atomic mass is 9.94. The van der Waals surface area contributed by atoms with Gasteiger partial charge in [-0.25, -0.2) is 8.42 Å². The largest absolute Gasteiger partial charge is 0.375 e. The molecule has 2 fully saturated rings. The van der Waals surface area contributed by atoms with Gasteiger partial charge in [-0.1, -0.05) is 6.92 Å². The van der Waals surface area contributed by atoms with E-state index in [4.69, 9.17) is 4.74 Å². The van der Waals surface area contributed by atoms with Crippen molar-refractivity contribution >= 4 is 15.9 Å². The molecular weight excluding hydrogens is 280 g/mol. The van der Waals surface area contributed by atoms with Gasteiger partial charge in [-0.3, -0.25) is 4.79 Å². The number of nitrogens with zero attached hydrogens (tertiary/aromatic N) is 2. The smallest absolute Gasteiger partial charge is 0.219 e. The van der Waals surface area contributed by atoms with Crippen LogP contribution in [-0.2, 0) is 19.6 Å². The van der Waals surface area contributed by atoms with Crippen molar-refractivity contribution in [2.45, 2.75) is 32.8 Å². The first-order valence-electron chi connectivity index (χ1n) is 7.29. The van der Waals surface area contributed by atoms with Crippen molar-refractivity contribution in [2.75, 3.05) is 38.5 Å². The van der Waals surface area contributed by atoms with E-state index < -0.39 is 10.0 Å². The summed E-state index contributed by atoms with van der Waals surface area (Å²) in [6.07, 6.45) is 1.31. The third kappa shape index (κ3) is 3.51. The topological polar surface area (TPSA) is 66.9 Å². The second-order valence-electron chi connectivity index (χ2n) is 5.60. The molecule has 116 valence electrons. The van der Waals surface area contributed by atoms with Crippen LogP contribution >= 0.6 is 0 Å². The molecule has 2 saturated heterocycles. The number of carbonyl (C=O) groups is 1. The van der Waals surface area contributed by atoms with E-state index in [2.05, 4.69) is 0 Å². The van der Waals surface area contributed by atoms with Crippen LogP contribution in [0.25, 0.3) is 0 Å². The molecule has 2 rings (SSSR count). The fraction of sp³-hybridized carbons (Fsp3) is 0.923. The Bertz CT molecular complexity index is 451. The molecule has 2 aliphatic rings. The fourth-order valence-corrected chi connectivity index (χ4v) is 4.48. The zero-order valence-corrected chi connectivity index (χ0v) is 13.1. The predicted molar refractivity (Wildman–Crippen MR) is 75.8 cm³/mol. The van der Waals surface area contributed by atoms with E-state index in [0.717, 1.165) is 6.42 Å². The van der Waals surface area contributed by atoms with Crippen LogP contribution in [0.2, 0.25) is 0 Å². The Labute approximate surface area is 121 Å². The van der Waals surface area contributed by atoms with E-state index in [-0.39, 0.29) is 23.7 Å². The van der Waals surface area contributed by atoms with Crippen LogP contribution in [0.4, 0.5) is 0 Å². The molecule has 2 heterocycles. The number of hydrogen-bond acceptors (Lipinski definition) is 4. The number of fused-ring (bicyclic) bond motifs is 1. The summed E-state index contributed by atoms with van der Waals surface area (Å²) in [5, 5.41) is 0. The quantitative estimate of drug-likeness (QED) is 0.752. The Kier molecular flexibility index (Phi) is 5.04. The normalized spacial score (nSPS) is 28.8. The first kappa shape index (κ1) is 15.7. The highest BCUT2D eigenvalue weighted by atomic mass is 32.2. The maximum Gasteiger partial charge on any atom is 0.219 e. The average Bonchev–Trinajstić information content (AvgIpc) is 2.59. The predicted octanol–water partition coefficient (Wildman–Crippen LogP) is 0.295. The molecule has 0 aromatic heterocycles. The zero-order valence-electron chi connectivity index (χ0n) is 12.2. The molecule has 0 unspecified atom stereocenters. The van der Waals surface area contributed by atoms with E-state index in [1.165, 1.54) is 0 Å². The van der Waals surface area contributed by atoms with Crippen LogP contribution in [0.15, 0.2) is 0 Å². The minimum atomic E-state index is -3.15. The number of rotatable bonds is 3. The van der Waals surface area contributed by atoms with Crippen molar-refractivity contribution in [3.8, 4) is 0 Å². The highest BCUT2D eigenvalue weighted by molar-refractivity contribution is 7.89. The number of ether oxygens (including phenoxy) is 1. The van der Waals surface area contributed by atoms with Crippen molar-refractivity contribution < 1.29 is 17.9 Å². The summed E-state index contributed by atoms with van der Waals surface area (Å²) in [6.45, 7) is 6.18. The highest BCUT2D eigenvalue weighted by Gasteiger charge is 2.37. The molecule has 0 aliphatic carbocycles. The van der Waals surface area contributed by atoms with Crippen molar-refractivity contribution in [1.82, 2.24) is 9.21 Å². The van der Waals surface area contributed by atoms with Crippen LogP contribution in [0, 0.1) is 5.92 Å². The number of sulfonamides is 1. The van der Waals surface area contributed by atoms with Gasteiger partial charge in [0, 0.05) is 39.0 Å². The van der Waals surface area contributed by atoms with E-state index >= 15 is 0 Å². The second-order valence-corrected chi connectivity index (χ2v) is 7.69. The monoisotopic (exact) mass is 304 g/mol. The van der Waals surface area contributed by atoms with E-state index in [9.17, 15) is 13.2 Å². The second kappa shape index (κ2) is 6.41. The third-order valence-electron chi connectivity index (χ3n) is 4.11. The van der Waals surface area contributed by atoms with Crippen LogP contribution in [0.3, 0.4) is 0 Å². The van der Waals surface area contributed by atoms with Crippen molar-refractivity contribution in [2.24, 2.45) is 5.92 Å². The standard InChI is InChI=1S/C13H24N2O4S/c1-3-8-20(17,18)15-5-4-12-9-14(11(2)16)6-7-19-13(12)10-15/h12-13H,3-10H2,1-2H3/t12-,13-/m1/s1. The molecule has 0 aromatic carbocycles. The molecule has 6 nitrogen and oxygen atoms in total. The van der Waals surface area contributed by atoms with Crippen molar-refractivity contribution in [1.29, 1.82) is 0 Å². The number of piperidine rings is 1. The van der Waals surface area contributed by atoms with Gasteiger partial charge in [-0.05, 0) is 12.8 Å². The molecule has 0 spiro atoms. The molecule has 0 N–H and O–H groups in total. The summed E-state index contributed by atoms with van der Waals surface area (Å²) in [5.74, 6) is 0.508. The van der Waals surface area contributed by atoms with Crippen LogP contribution in [0.1, 0.15) is 26.7 Å². The Morgan fingerprint density at radius 1 is 1.30 bits per heavy atom. The highest BCUT2D eigenvalue weighted by Crippen LogP contribution is 2.26. The zero-order chi connectivity index (χ0) is 14.8. The Hall–Kier alpha value is -0.660. The van der Waals surface area contributed by atoms with E-state index in [0.29, 0.717) is 39.2 Å². The van der Waals surface area contributed by atoms with Gasteiger partial charge in [0.15, 0.2) is 0 Å². The maximum atomic E-state index is 12.1. The number of carbonyl (C=O) groups excluding carboxylic acids is 1. The fourth-order valence-electron chi connectivity index (χ4n) is 2.95. The van der Waals surface area contributed by atoms with Gasteiger partial charge in [-0.2, -0.15) is 4.31 Å². The summed E-state index contributed by atoms with van der Waals surface area (Å²) in [7, 11) is -3.15. The molecule has 0 saturated carbocycles. The molecular formula is C13H24N2O4S. The molecule has 0 radical (unpaired) electrons. The molecule has 0 bridgehead atoms. The number of amides is 1. The Balaban J connectivity index is 2.03. The van der Waals surface area contributed by atoms with Gasteiger partial charge in [0.2, 0.25) is 15.9 Å². The van der Waals surface area contributed by atoms with Gasteiger partial charge in [0.05, 0.1) is 18.5 Å². The molecule has 7 heteroatoms. The van der Waals surface area contributed by atoms with Gasteiger partial charge in [-0.15, -0.1) is 0 Å². The van der Waals surface area contributed by atoms with Crippen molar-refractivity contribution in [3.05, 3.63) is 0 Å². The van der Waals surface area contributed by atoms with Crippen LogP contribution in [-0.4, -0.2) is 68.2 Å². The molecule has 0 aromatic rings. The summed E-state index contributed by atoms with van der Waals surface area (Å²) >= 11 is 0. The summed E-state index contributed by atoms with van der Waals surface area (Å²) in [6, 6.07) is 0. The minimum absolute atomic E-state index is 0.0651. The van der Waals surface area contributed by atoms with Crippen molar-refractivity contribution in [3.63, 3.8) is 0 Å². The lowest BCUT2D eigenvalue weighted by Crippen LogP contribution is -2.49. The third-order valence-corrected chi connectivity index (χ3v) is 6.15. The SMILES string of the molecule is CCCS(=O)(=O)N1CC[C@@H]2CN(C(C)=O)CCO[C@@H]2C1. The summed E-state index contributed by atoms with van der Waals surface area (Å²) in [5.41, 5.74) is 0. The Morgan fingerprint density at radius 2 is 2.05 bits per heavy atom. The minimum Gasteiger partial charge on any atom is -0.375 e. The van der Waals surface area contributed by atoms with Crippen LogP contribution in [0.5, 0.6) is 0 Å². The van der Waals surface area contributed by atoms with Gasteiger partial charge in [0.1, 0.15) is 0 Å². The number of hydrogen-bond donors (Lipinski definition) is 0. The van der Waals surface area contributed by atoms with Gasteiger partial charge in [0.25, 0.3) is 0 Å². The molecule has 2 aliphatic heterocycles. The van der Waals surface area contributed by atoms with E-state index in [1.54, 1.807) is 16.1 Å². The summed E-state index contributed by atoms with van der Waals surface area (Å²) in [4.78, 5) is 13.3. The molecule has 20 heavy (non-hydrogen) atoms. The molecule has 2 atom stereocenters.